The summed E-state index contributed by atoms with van der Waals surface area (Å²) in [6.45, 7) is 8.35. The second-order valence-electron chi connectivity index (χ2n) is 5.48. The third kappa shape index (κ3) is 2.63. The van der Waals surface area contributed by atoms with Gasteiger partial charge in [0.15, 0.2) is 0 Å². The second-order valence-corrected chi connectivity index (χ2v) is 5.48. The molecule has 0 amide bonds. The molecule has 3 unspecified atom stereocenters. The Morgan fingerprint density at radius 1 is 1.56 bits per heavy atom. The summed E-state index contributed by atoms with van der Waals surface area (Å²) in [5, 5.41) is 0. The van der Waals surface area contributed by atoms with Gasteiger partial charge in [-0.15, -0.1) is 0 Å². The number of ether oxygens (including phenoxy) is 1. The third-order valence-electron chi connectivity index (χ3n) is 4.06. The van der Waals surface area contributed by atoms with E-state index < -0.39 is 0 Å². The zero-order valence-electron chi connectivity index (χ0n) is 11.1. The summed E-state index contributed by atoms with van der Waals surface area (Å²) in [5.74, 6) is 0.783. The van der Waals surface area contributed by atoms with Crippen molar-refractivity contribution >= 4 is 5.97 Å². The Morgan fingerprint density at radius 2 is 2.22 bits per heavy atom. The zero-order valence-corrected chi connectivity index (χ0v) is 11.1. The lowest BCUT2D eigenvalue weighted by Crippen LogP contribution is -2.14. The highest BCUT2D eigenvalue weighted by Gasteiger charge is 2.53. The van der Waals surface area contributed by atoms with Crippen LogP contribution in [0.2, 0.25) is 0 Å². The maximum Gasteiger partial charge on any atom is 0.330 e. The molecule has 2 rings (SSSR count). The van der Waals surface area contributed by atoms with Gasteiger partial charge in [0.1, 0.15) is 0 Å². The zero-order chi connectivity index (χ0) is 13.2. The Bertz CT molecular complexity index is 438. The van der Waals surface area contributed by atoms with Gasteiger partial charge >= 0.3 is 5.97 Å². The van der Waals surface area contributed by atoms with Crippen LogP contribution in [0.5, 0.6) is 0 Å². The van der Waals surface area contributed by atoms with E-state index in [1.165, 1.54) is 11.6 Å². The molecule has 0 N–H and O–H groups in total. The average Bonchev–Trinajstić information content (AvgIpc) is 3.09. The Morgan fingerprint density at radius 3 is 2.83 bits per heavy atom. The lowest BCUT2D eigenvalue weighted by molar-refractivity contribution is -0.139. The van der Waals surface area contributed by atoms with Crippen LogP contribution in [0.15, 0.2) is 43.0 Å². The molecule has 0 heterocycles. The molecule has 2 nitrogen and oxygen atoms in total. The fourth-order valence-corrected chi connectivity index (χ4v) is 2.67. The van der Waals surface area contributed by atoms with Crippen LogP contribution in [0, 0.1) is 11.3 Å². The summed E-state index contributed by atoms with van der Waals surface area (Å²) in [7, 11) is 0. The average molecular weight is 244 g/mol. The van der Waals surface area contributed by atoms with E-state index in [1.807, 2.05) is 6.07 Å². The van der Waals surface area contributed by atoms with Crippen molar-refractivity contribution in [3.8, 4) is 0 Å². The van der Waals surface area contributed by atoms with Crippen LogP contribution in [0.25, 0.3) is 0 Å². The molecule has 0 saturated heterocycles. The molecule has 0 radical (unpaired) electrons. The van der Waals surface area contributed by atoms with E-state index in [2.05, 4.69) is 44.7 Å². The van der Waals surface area contributed by atoms with Gasteiger partial charge in [-0.2, -0.15) is 0 Å². The van der Waals surface area contributed by atoms with E-state index in [0.29, 0.717) is 18.4 Å². The highest BCUT2D eigenvalue weighted by molar-refractivity contribution is 5.81. The van der Waals surface area contributed by atoms with E-state index in [9.17, 15) is 4.79 Å². The monoisotopic (exact) mass is 244 g/mol. The van der Waals surface area contributed by atoms with Gasteiger partial charge in [0, 0.05) is 11.5 Å². The molecule has 1 aliphatic carbocycles. The molecule has 3 atom stereocenters. The molecule has 1 aromatic carbocycles. The van der Waals surface area contributed by atoms with Crippen LogP contribution in [0.3, 0.4) is 0 Å². The molecular formula is C16H20O2. The molecule has 1 saturated carbocycles. The molecule has 18 heavy (non-hydrogen) atoms. The Hall–Kier alpha value is -1.57. The van der Waals surface area contributed by atoms with Crippen molar-refractivity contribution in [3.05, 3.63) is 48.6 Å². The van der Waals surface area contributed by atoms with Crippen LogP contribution >= 0.6 is 0 Å². The fourth-order valence-electron chi connectivity index (χ4n) is 2.67. The maximum absolute atomic E-state index is 11.1. The lowest BCUT2D eigenvalue weighted by Gasteiger charge is -2.16. The first-order valence-corrected chi connectivity index (χ1v) is 6.41. The summed E-state index contributed by atoms with van der Waals surface area (Å²) in [5.41, 5.74) is 1.50. The van der Waals surface area contributed by atoms with Crippen LogP contribution in [-0.4, -0.2) is 12.6 Å². The Kier molecular flexibility index (Phi) is 3.55. The molecule has 0 spiro atoms. The quantitative estimate of drug-likeness (QED) is 0.585. The first kappa shape index (κ1) is 12.9. The van der Waals surface area contributed by atoms with Gasteiger partial charge in [-0.1, -0.05) is 50.8 Å². The second kappa shape index (κ2) is 4.97. The van der Waals surface area contributed by atoms with E-state index in [-0.39, 0.29) is 11.4 Å². The minimum atomic E-state index is -0.325. The third-order valence-corrected chi connectivity index (χ3v) is 4.06. The summed E-state index contributed by atoms with van der Waals surface area (Å²) in [6.07, 6.45) is 2.34. The first-order valence-electron chi connectivity index (χ1n) is 6.41. The van der Waals surface area contributed by atoms with E-state index >= 15 is 0 Å². The van der Waals surface area contributed by atoms with Crippen LogP contribution < -0.4 is 0 Å². The van der Waals surface area contributed by atoms with Crippen molar-refractivity contribution in [1.29, 1.82) is 0 Å². The highest BCUT2D eigenvalue weighted by atomic mass is 16.5. The van der Waals surface area contributed by atoms with Crippen molar-refractivity contribution < 1.29 is 9.53 Å². The standard InChI is InChI=1S/C16H20O2/c1-4-15(17)18-11-16(3)10-14(16)12(2)13-8-6-5-7-9-13/h4-9,12,14H,1,10-11H2,2-3H3. The van der Waals surface area contributed by atoms with Gasteiger partial charge in [0.25, 0.3) is 0 Å². The molecule has 0 aliphatic heterocycles. The van der Waals surface area contributed by atoms with Crippen LogP contribution in [0.1, 0.15) is 31.7 Å². The number of esters is 1. The number of carbonyl (C=O) groups excluding carboxylic acids is 1. The van der Waals surface area contributed by atoms with Crippen molar-refractivity contribution in [2.75, 3.05) is 6.61 Å². The van der Waals surface area contributed by atoms with Crippen molar-refractivity contribution in [2.24, 2.45) is 11.3 Å². The molecule has 96 valence electrons. The summed E-state index contributed by atoms with van der Waals surface area (Å²) >= 11 is 0. The molecule has 0 bridgehead atoms. The molecule has 1 fully saturated rings. The van der Waals surface area contributed by atoms with Crippen molar-refractivity contribution in [2.45, 2.75) is 26.2 Å². The van der Waals surface area contributed by atoms with E-state index in [0.717, 1.165) is 6.42 Å². The van der Waals surface area contributed by atoms with E-state index in [1.54, 1.807) is 0 Å². The van der Waals surface area contributed by atoms with Gasteiger partial charge in [-0.3, -0.25) is 0 Å². The molecule has 2 heteroatoms. The van der Waals surface area contributed by atoms with Crippen LogP contribution in [0.4, 0.5) is 0 Å². The van der Waals surface area contributed by atoms with Crippen molar-refractivity contribution in [3.63, 3.8) is 0 Å². The SMILES string of the molecule is C=CC(=O)OCC1(C)CC1C(C)c1ccccc1. The maximum atomic E-state index is 11.1. The van der Waals surface area contributed by atoms with Gasteiger partial charge in [-0.05, 0) is 23.8 Å². The summed E-state index contributed by atoms with van der Waals surface area (Å²) < 4.78 is 5.18. The lowest BCUT2D eigenvalue weighted by atomic mass is 9.91. The fraction of sp³-hybridized carbons (Fsp3) is 0.438. The number of benzene rings is 1. The molecule has 1 aliphatic rings. The largest absolute Gasteiger partial charge is 0.462 e. The topological polar surface area (TPSA) is 26.3 Å². The Labute approximate surface area is 109 Å². The first-order chi connectivity index (χ1) is 8.57. The highest BCUT2D eigenvalue weighted by Crippen LogP contribution is 2.58. The Balaban J connectivity index is 1.93. The molecular weight excluding hydrogens is 224 g/mol. The van der Waals surface area contributed by atoms with Gasteiger partial charge in [-0.25, -0.2) is 4.79 Å². The van der Waals surface area contributed by atoms with Gasteiger partial charge < -0.3 is 4.74 Å². The summed E-state index contributed by atoms with van der Waals surface area (Å²) in [6, 6.07) is 10.5. The van der Waals surface area contributed by atoms with Gasteiger partial charge in [0.2, 0.25) is 0 Å². The van der Waals surface area contributed by atoms with Crippen molar-refractivity contribution in [1.82, 2.24) is 0 Å². The normalized spacial score (nSPS) is 27.3. The predicted octanol–water partition coefficient (Wildman–Crippen LogP) is 3.55. The smallest absolute Gasteiger partial charge is 0.330 e. The minimum Gasteiger partial charge on any atom is -0.462 e. The molecule has 0 aromatic heterocycles. The predicted molar refractivity (Wildman–Crippen MR) is 72.2 cm³/mol. The minimum absolute atomic E-state index is 0.133. The van der Waals surface area contributed by atoms with Crippen LogP contribution in [-0.2, 0) is 9.53 Å². The molecule has 1 aromatic rings. The van der Waals surface area contributed by atoms with Gasteiger partial charge in [0.05, 0.1) is 6.61 Å². The van der Waals surface area contributed by atoms with E-state index in [4.69, 9.17) is 4.74 Å². The number of hydrogen-bond donors (Lipinski definition) is 0. The number of rotatable bonds is 5. The number of hydrogen-bond acceptors (Lipinski definition) is 2. The number of carbonyl (C=O) groups is 1. The summed E-state index contributed by atoms with van der Waals surface area (Å²) in [4.78, 5) is 11.1.